The van der Waals surface area contributed by atoms with Crippen LogP contribution in [0.4, 0.5) is 0 Å². The average molecular weight is 362 g/mol. The fourth-order valence-electron chi connectivity index (χ4n) is 2.09. The highest BCUT2D eigenvalue weighted by molar-refractivity contribution is 7.12. The van der Waals surface area contributed by atoms with Crippen molar-refractivity contribution in [1.82, 2.24) is 15.1 Å². The second kappa shape index (κ2) is 7.99. The predicted molar refractivity (Wildman–Crippen MR) is 94.7 cm³/mol. The molecular weight excluding hydrogens is 346 g/mol. The topological polar surface area (TPSA) is 56.2 Å². The summed E-state index contributed by atoms with van der Waals surface area (Å²) in [5, 5.41) is 9.45. The Bertz CT molecular complexity index is 801. The van der Waals surface area contributed by atoms with E-state index >= 15 is 0 Å². The number of para-hydroxylation sites is 1. The highest BCUT2D eigenvalue weighted by Gasteiger charge is 2.09. The second-order valence-corrected chi connectivity index (χ2v) is 6.45. The summed E-state index contributed by atoms with van der Waals surface area (Å²) in [6.45, 7) is 1.51. The average Bonchev–Trinajstić information content (AvgIpc) is 3.23. The number of carbonyl (C=O) groups excluding carboxylic acids is 1. The number of thiophene rings is 1. The highest BCUT2D eigenvalue weighted by atomic mass is 35.5. The highest BCUT2D eigenvalue weighted by Crippen LogP contribution is 2.17. The van der Waals surface area contributed by atoms with E-state index in [1.165, 1.54) is 11.3 Å². The van der Waals surface area contributed by atoms with Gasteiger partial charge < -0.3 is 10.1 Å². The first-order chi connectivity index (χ1) is 11.7. The first-order valence-electron chi connectivity index (χ1n) is 7.42. The molecule has 0 saturated heterocycles. The van der Waals surface area contributed by atoms with Crippen LogP contribution in [-0.4, -0.2) is 22.2 Å². The number of hydrogen-bond donors (Lipinski definition) is 1. The Morgan fingerprint density at radius 2 is 2.17 bits per heavy atom. The summed E-state index contributed by atoms with van der Waals surface area (Å²) in [5.41, 5.74) is 0.980. The van der Waals surface area contributed by atoms with Crippen molar-refractivity contribution in [2.24, 2.45) is 0 Å². The first-order valence-corrected chi connectivity index (χ1v) is 8.68. The summed E-state index contributed by atoms with van der Waals surface area (Å²) in [5.74, 6) is 0.719. The summed E-state index contributed by atoms with van der Waals surface area (Å²) >= 11 is 7.20. The Morgan fingerprint density at radius 3 is 2.92 bits per heavy atom. The molecule has 0 aliphatic rings. The van der Waals surface area contributed by atoms with Crippen LogP contribution >= 0.6 is 22.9 Å². The predicted octanol–water partition coefficient (Wildman–Crippen LogP) is 3.61. The third-order valence-electron chi connectivity index (χ3n) is 3.25. The number of hydrogen-bond acceptors (Lipinski definition) is 4. The molecule has 0 atom stereocenters. The Labute approximate surface area is 148 Å². The molecule has 7 heteroatoms. The molecule has 0 fully saturated rings. The molecule has 2 aromatic heterocycles. The molecule has 124 valence electrons. The van der Waals surface area contributed by atoms with Crippen LogP contribution in [0.3, 0.4) is 0 Å². The summed E-state index contributed by atoms with van der Waals surface area (Å²) in [6.07, 6.45) is 3.29. The van der Waals surface area contributed by atoms with Crippen molar-refractivity contribution in [1.29, 1.82) is 0 Å². The molecular formula is C17H16ClN3O2S. The van der Waals surface area contributed by atoms with E-state index in [4.69, 9.17) is 16.3 Å². The molecule has 1 N–H and O–H groups in total. The number of benzene rings is 1. The minimum atomic E-state index is -0.0933. The van der Waals surface area contributed by atoms with E-state index in [-0.39, 0.29) is 5.91 Å². The number of nitrogens with one attached hydrogen (secondary N) is 1. The lowest BCUT2D eigenvalue weighted by molar-refractivity contribution is 0.0956. The number of halogens is 1. The zero-order chi connectivity index (χ0) is 16.8. The van der Waals surface area contributed by atoms with Gasteiger partial charge in [0, 0.05) is 18.3 Å². The van der Waals surface area contributed by atoms with Gasteiger partial charge in [0.15, 0.2) is 0 Å². The molecule has 0 aliphatic carbocycles. The van der Waals surface area contributed by atoms with Gasteiger partial charge in [0.05, 0.1) is 22.6 Å². The minimum Gasteiger partial charge on any atom is -0.489 e. The van der Waals surface area contributed by atoms with Gasteiger partial charge >= 0.3 is 0 Å². The molecule has 0 aliphatic heterocycles. The van der Waals surface area contributed by atoms with Gasteiger partial charge in [-0.1, -0.05) is 29.8 Å². The van der Waals surface area contributed by atoms with Gasteiger partial charge in [-0.05, 0) is 23.6 Å². The summed E-state index contributed by atoms with van der Waals surface area (Å²) in [6, 6.07) is 11.5. The van der Waals surface area contributed by atoms with Gasteiger partial charge in [0.1, 0.15) is 12.4 Å². The standard InChI is InChI=1S/C17H16ClN3O2S/c18-14-9-20-21(10-14)7-6-19-17(22)16-8-13(12-24-16)11-23-15-4-2-1-3-5-15/h1-5,8-10,12H,6-7,11H2,(H,19,22). The molecule has 1 aromatic carbocycles. The van der Waals surface area contributed by atoms with Crippen molar-refractivity contribution in [3.8, 4) is 5.75 Å². The zero-order valence-corrected chi connectivity index (χ0v) is 14.4. The number of ether oxygens (including phenoxy) is 1. The maximum Gasteiger partial charge on any atom is 0.261 e. The fraction of sp³-hybridized carbons (Fsp3) is 0.176. The SMILES string of the molecule is O=C(NCCn1cc(Cl)cn1)c1cc(COc2ccccc2)cs1. The Balaban J connectivity index is 1.46. The maximum atomic E-state index is 12.1. The Kier molecular flexibility index (Phi) is 5.51. The van der Waals surface area contributed by atoms with Gasteiger partial charge in [-0.3, -0.25) is 9.48 Å². The quantitative estimate of drug-likeness (QED) is 0.699. The van der Waals surface area contributed by atoms with Crippen LogP contribution in [0.5, 0.6) is 5.75 Å². The number of carbonyl (C=O) groups is 1. The smallest absolute Gasteiger partial charge is 0.261 e. The molecule has 3 rings (SSSR count). The maximum absolute atomic E-state index is 12.1. The van der Waals surface area contributed by atoms with Crippen LogP contribution in [0.25, 0.3) is 0 Å². The molecule has 0 saturated carbocycles. The lowest BCUT2D eigenvalue weighted by Gasteiger charge is -2.04. The molecule has 2 heterocycles. The van der Waals surface area contributed by atoms with E-state index in [0.29, 0.717) is 29.6 Å². The van der Waals surface area contributed by atoms with Crippen molar-refractivity contribution in [3.63, 3.8) is 0 Å². The van der Waals surface area contributed by atoms with Gasteiger partial charge in [-0.25, -0.2) is 0 Å². The number of amides is 1. The van der Waals surface area contributed by atoms with Crippen LogP contribution < -0.4 is 10.1 Å². The summed E-state index contributed by atoms with van der Waals surface area (Å²) < 4.78 is 7.37. The molecule has 5 nitrogen and oxygen atoms in total. The van der Waals surface area contributed by atoms with Crippen molar-refractivity contribution >= 4 is 28.8 Å². The van der Waals surface area contributed by atoms with E-state index in [1.54, 1.807) is 17.1 Å². The van der Waals surface area contributed by atoms with E-state index in [0.717, 1.165) is 11.3 Å². The molecule has 24 heavy (non-hydrogen) atoms. The first kappa shape index (κ1) is 16.5. The lowest BCUT2D eigenvalue weighted by Crippen LogP contribution is -2.26. The van der Waals surface area contributed by atoms with E-state index < -0.39 is 0 Å². The van der Waals surface area contributed by atoms with Gasteiger partial charge in [-0.15, -0.1) is 11.3 Å². The normalized spacial score (nSPS) is 10.5. The third-order valence-corrected chi connectivity index (χ3v) is 4.43. The van der Waals surface area contributed by atoms with Crippen LogP contribution in [0.15, 0.2) is 54.2 Å². The van der Waals surface area contributed by atoms with Crippen molar-refractivity contribution < 1.29 is 9.53 Å². The second-order valence-electron chi connectivity index (χ2n) is 5.10. The molecule has 0 unspecified atom stereocenters. The van der Waals surface area contributed by atoms with Gasteiger partial charge in [0.25, 0.3) is 5.91 Å². The van der Waals surface area contributed by atoms with Crippen LogP contribution in [0.2, 0.25) is 5.02 Å². The molecule has 1 amide bonds. The number of aromatic nitrogens is 2. The van der Waals surface area contributed by atoms with Gasteiger partial charge in [-0.2, -0.15) is 5.10 Å². The lowest BCUT2D eigenvalue weighted by atomic mass is 10.3. The van der Waals surface area contributed by atoms with Crippen LogP contribution in [-0.2, 0) is 13.2 Å². The van der Waals surface area contributed by atoms with Crippen LogP contribution in [0, 0.1) is 0 Å². The minimum absolute atomic E-state index is 0.0933. The van der Waals surface area contributed by atoms with E-state index in [9.17, 15) is 4.79 Å². The van der Waals surface area contributed by atoms with E-state index in [2.05, 4.69) is 10.4 Å². The molecule has 3 aromatic rings. The fourth-order valence-corrected chi connectivity index (χ4v) is 3.05. The molecule has 0 spiro atoms. The van der Waals surface area contributed by atoms with Gasteiger partial charge in [0.2, 0.25) is 0 Å². The third kappa shape index (κ3) is 4.59. The Hall–Kier alpha value is -2.31. The van der Waals surface area contributed by atoms with Crippen molar-refractivity contribution in [2.45, 2.75) is 13.2 Å². The molecule has 0 radical (unpaired) electrons. The van der Waals surface area contributed by atoms with Crippen molar-refractivity contribution in [2.75, 3.05) is 6.54 Å². The number of nitrogens with zero attached hydrogens (tertiary/aromatic N) is 2. The number of rotatable bonds is 7. The molecule has 0 bridgehead atoms. The summed E-state index contributed by atoms with van der Waals surface area (Å²) in [4.78, 5) is 12.8. The largest absolute Gasteiger partial charge is 0.489 e. The summed E-state index contributed by atoms with van der Waals surface area (Å²) in [7, 11) is 0. The van der Waals surface area contributed by atoms with Crippen LogP contribution in [0.1, 0.15) is 15.2 Å². The Morgan fingerprint density at radius 1 is 1.33 bits per heavy atom. The monoisotopic (exact) mass is 361 g/mol. The zero-order valence-electron chi connectivity index (χ0n) is 12.8. The van der Waals surface area contributed by atoms with E-state index in [1.807, 2.05) is 41.8 Å². The van der Waals surface area contributed by atoms with Crippen molar-refractivity contribution in [3.05, 3.63) is 69.6 Å².